The van der Waals surface area contributed by atoms with Gasteiger partial charge in [0.1, 0.15) is 5.82 Å². The molecule has 0 radical (unpaired) electrons. The molecule has 3 N–H and O–H groups in total. The third-order valence-electron chi connectivity index (χ3n) is 3.69. The van der Waals surface area contributed by atoms with Crippen LogP contribution in [0.3, 0.4) is 0 Å². The number of para-hydroxylation sites is 1. The normalized spacial score (nSPS) is 10.4. The van der Waals surface area contributed by atoms with Crippen molar-refractivity contribution >= 4 is 51.4 Å². The van der Waals surface area contributed by atoms with Crippen molar-refractivity contribution < 1.29 is 14.0 Å². The van der Waals surface area contributed by atoms with E-state index < -0.39 is 5.91 Å². The molecular weight excluding hydrogens is 413 g/mol. The standard InChI is InChI=1S/C19H18FN5O2S2/c1-12-4-2-3-5-15(12)23-18-24-25-19(29-18)28-11-17(27)21-10-16(26)22-14-8-6-13(20)7-9-14/h2-9H,10-11H2,1H3,(H,21,27)(H,22,26)(H,23,24). The molecule has 3 aromatic rings. The Balaban J connectivity index is 1.40. The maximum Gasteiger partial charge on any atom is 0.243 e. The summed E-state index contributed by atoms with van der Waals surface area (Å²) in [7, 11) is 0. The van der Waals surface area contributed by atoms with Gasteiger partial charge in [0.15, 0.2) is 4.34 Å². The lowest BCUT2D eigenvalue weighted by molar-refractivity contribution is -0.122. The first kappa shape index (κ1) is 20.7. The van der Waals surface area contributed by atoms with Gasteiger partial charge in [-0.25, -0.2) is 4.39 Å². The first-order valence-electron chi connectivity index (χ1n) is 8.60. The van der Waals surface area contributed by atoms with Gasteiger partial charge < -0.3 is 16.0 Å². The van der Waals surface area contributed by atoms with Crippen LogP contribution in [0, 0.1) is 12.7 Å². The molecule has 0 spiro atoms. The molecule has 2 aromatic carbocycles. The van der Waals surface area contributed by atoms with Crippen molar-refractivity contribution in [1.29, 1.82) is 0 Å². The average molecular weight is 432 g/mol. The monoisotopic (exact) mass is 431 g/mol. The molecule has 150 valence electrons. The van der Waals surface area contributed by atoms with Crippen LogP contribution < -0.4 is 16.0 Å². The van der Waals surface area contributed by atoms with Crippen molar-refractivity contribution in [2.45, 2.75) is 11.3 Å². The summed E-state index contributed by atoms with van der Waals surface area (Å²) in [6.07, 6.45) is 0. The van der Waals surface area contributed by atoms with Crippen molar-refractivity contribution in [3.63, 3.8) is 0 Å². The molecule has 2 amide bonds. The number of carbonyl (C=O) groups is 2. The summed E-state index contributed by atoms with van der Waals surface area (Å²) < 4.78 is 13.5. The lowest BCUT2D eigenvalue weighted by atomic mass is 10.2. The Hall–Kier alpha value is -2.98. The lowest BCUT2D eigenvalue weighted by Crippen LogP contribution is -2.33. The first-order chi connectivity index (χ1) is 14.0. The summed E-state index contributed by atoms with van der Waals surface area (Å²) in [5.74, 6) is -0.964. The summed E-state index contributed by atoms with van der Waals surface area (Å²) in [5, 5.41) is 17.1. The van der Waals surface area contributed by atoms with Gasteiger partial charge in [0, 0.05) is 11.4 Å². The van der Waals surface area contributed by atoms with E-state index in [1.165, 1.54) is 47.4 Å². The second-order valence-electron chi connectivity index (χ2n) is 5.93. The van der Waals surface area contributed by atoms with Gasteiger partial charge in [-0.1, -0.05) is 41.3 Å². The van der Waals surface area contributed by atoms with Crippen molar-refractivity contribution in [3.8, 4) is 0 Å². The molecule has 0 saturated heterocycles. The van der Waals surface area contributed by atoms with Crippen LogP contribution in [0.25, 0.3) is 0 Å². The molecule has 1 heterocycles. The summed E-state index contributed by atoms with van der Waals surface area (Å²) in [6, 6.07) is 13.2. The highest BCUT2D eigenvalue weighted by Gasteiger charge is 2.10. The molecule has 0 aliphatic rings. The summed E-state index contributed by atoms with van der Waals surface area (Å²) in [4.78, 5) is 23.8. The minimum atomic E-state index is -0.393. The van der Waals surface area contributed by atoms with E-state index in [0.717, 1.165) is 11.3 Å². The van der Waals surface area contributed by atoms with E-state index in [4.69, 9.17) is 0 Å². The number of thioether (sulfide) groups is 1. The van der Waals surface area contributed by atoms with Gasteiger partial charge in [-0.2, -0.15) is 0 Å². The third kappa shape index (κ3) is 6.54. The van der Waals surface area contributed by atoms with Gasteiger partial charge >= 0.3 is 0 Å². The molecule has 0 aliphatic heterocycles. The molecule has 0 fully saturated rings. The van der Waals surface area contributed by atoms with E-state index in [1.54, 1.807) is 0 Å². The summed E-state index contributed by atoms with van der Waals surface area (Å²) >= 11 is 2.59. The highest BCUT2D eigenvalue weighted by Crippen LogP contribution is 2.28. The number of nitrogens with zero attached hydrogens (tertiary/aromatic N) is 2. The molecule has 0 aliphatic carbocycles. The number of benzene rings is 2. The topological polar surface area (TPSA) is 96.0 Å². The van der Waals surface area contributed by atoms with Crippen LogP contribution in [-0.4, -0.2) is 34.3 Å². The van der Waals surface area contributed by atoms with E-state index in [9.17, 15) is 14.0 Å². The second kappa shape index (κ2) is 9.99. The maximum atomic E-state index is 12.8. The Kier molecular flexibility index (Phi) is 7.14. The number of hydrogen-bond donors (Lipinski definition) is 3. The molecular formula is C19H18FN5O2S2. The summed E-state index contributed by atoms with van der Waals surface area (Å²) in [5.41, 5.74) is 2.50. The molecule has 29 heavy (non-hydrogen) atoms. The zero-order valence-electron chi connectivity index (χ0n) is 15.4. The van der Waals surface area contributed by atoms with Gasteiger partial charge in [0.05, 0.1) is 12.3 Å². The Bertz CT molecular complexity index is 994. The van der Waals surface area contributed by atoms with Crippen molar-refractivity contribution in [3.05, 3.63) is 59.9 Å². The number of aryl methyl sites for hydroxylation is 1. The number of rotatable bonds is 8. The minimum absolute atomic E-state index is 0.114. The average Bonchev–Trinajstić information content (AvgIpc) is 3.16. The smallest absolute Gasteiger partial charge is 0.243 e. The number of nitrogens with one attached hydrogen (secondary N) is 3. The highest BCUT2D eigenvalue weighted by atomic mass is 32.2. The number of aromatic nitrogens is 2. The Morgan fingerprint density at radius 2 is 1.83 bits per heavy atom. The third-order valence-corrected chi connectivity index (χ3v) is 5.67. The molecule has 0 bridgehead atoms. The van der Waals surface area contributed by atoms with Gasteiger partial charge in [-0.05, 0) is 42.8 Å². The predicted molar refractivity (Wildman–Crippen MR) is 113 cm³/mol. The van der Waals surface area contributed by atoms with Crippen LogP contribution in [0.15, 0.2) is 52.9 Å². The fourth-order valence-electron chi connectivity index (χ4n) is 2.24. The molecule has 1 aromatic heterocycles. The highest BCUT2D eigenvalue weighted by molar-refractivity contribution is 8.01. The fourth-order valence-corrected chi connectivity index (χ4v) is 3.84. The van der Waals surface area contributed by atoms with Crippen LogP contribution in [0.4, 0.5) is 20.9 Å². The van der Waals surface area contributed by atoms with Gasteiger partial charge in [0.2, 0.25) is 16.9 Å². The molecule has 0 saturated carbocycles. The van der Waals surface area contributed by atoms with Crippen LogP contribution in [0.1, 0.15) is 5.56 Å². The van der Waals surface area contributed by atoms with E-state index in [-0.39, 0.29) is 24.0 Å². The van der Waals surface area contributed by atoms with Gasteiger partial charge in [-0.3, -0.25) is 9.59 Å². The number of halogens is 1. The first-order valence-corrected chi connectivity index (χ1v) is 10.4. The molecule has 0 atom stereocenters. The molecule has 7 nitrogen and oxygen atoms in total. The van der Waals surface area contributed by atoms with E-state index >= 15 is 0 Å². The van der Waals surface area contributed by atoms with Crippen molar-refractivity contribution in [1.82, 2.24) is 15.5 Å². The fraction of sp³-hybridized carbons (Fsp3) is 0.158. The number of anilines is 3. The SMILES string of the molecule is Cc1ccccc1Nc1nnc(SCC(=O)NCC(=O)Nc2ccc(F)cc2)s1. The Morgan fingerprint density at radius 3 is 2.59 bits per heavy atom. The van der Waals surface area contributed by atoms with Crippen LogP contribution in [-0.2, 0) is 9.59 Å². The van der Waals surface area contributed by atoms with Gasteiger partial charge in [0.25, 0.3) is 0 Å². The predicted octanol–water partition coefficient (Wildman–Crippen LogP) is 3.58. The van der Waals surface area contributed by atoms with Crippen molar-refractivity contribution in [2.75, 3.05) is 22.9 Å². The zero-order chi connectivity index (χ0) is 20.6. The van der Waals surface area contributed by atoms with E-state index in [1.807, 2.05) is 31.2 Å². The lowest BCUT2D eigenvalue weighted by Gasteiger charge is -2.06. The number of amides is 2. The second-order valence-corrected chi connectivity index (χ2v) is 8.13. The van der Waals surface area contributed by atoms with E-state index in [0.29, 0.717) is 15.2 Å². The van der Waals surface area contributed by atoms with Crippen molar-refractivity contribution in [2.24, 2.45) is 0 Å². The molecule has 0 unspecified atom stereocenters. The molecule has 10 heteroatoms. The number of hydrogen-bond acceptors (Lipinski definition) is 7. The van der Waals surface area contributed by atoms with Crippen LogP contribution in [0.5, 0.6) is 0 Å². The summed E-state index contributed by atoms with van der Waals surface area (Å²) in [6.45, 7) is 1.82. The minimum Gasteiger partial charge on any atom is -0.346 e. The van der Waals surface area contributed by atoms with Gasteiger partial charge in [-0.15, -0.1) is 10.2 Å². The number of carbonyl (C=O) groups excluding carboxylic acids is 2. The van der Waals surface area contributed by atoms with Crippen LogP contribution >= 0.6 is 23.1 Å². The molecule has 3 rings (SSSR count). The Labute approximate surface area is 175 Å². The van der Waals surface area contributed by atoms with E-state index in [2.05, 4.69) is 26.1 Å². The van der Waals surface area contributed by atoms with Crippen LogP contribution in [0.2, 0.25) is 0 Å². The Morgan fingerprint density at radius 1 is 1.07 bits per heavy atom. The zero-order valence-corrected chi connectivity index (χ0v) is 17.1. The largest absolute Gasteiger partial charge is 0.346 e. The maximum absolute atomic E-state index is 12.8. The quantitative estimate of drug-likeness (QED) is 0.472.